The summed E-state index contributed by atoms with van der Waals surface area (Å²) in [6.45, 7) is 0. The molecule has 1 unspecified atom stereocenters. The van der Waals surface area contributed by atoms with E-state index in [1.165, 1.54) is 22.3 Å². The predicted octanol–water partition coefficient (Wildman–Crippen LogP) is 3.64. The van der Waals surface area contributed by atoms with Gasteiger partial charge in [0.2, 0.25) is 0 Å². The van der Waals surface area contributed by atoms with Gasteiger partial charge in [-0.15, -0.1) is 0 Å². The topological polar surface area (TPSA) is 12.9 Å². The van der Waals surface area contributed by atoms with E-state index < -0.39 is 0 Å². The summed E-state index contributed by atoms with van der Waals surface area (Å²) in [4.78, 5) is 4.44. The smallest absolute Gasteiger partial charge is 0.0671 e. The molecule has 0 bridgehead atoms. The van der Waals surface area contributed by atoms with Crippen LogP contribution in [0.2, 0.25) is 0 Å². The highest BCUT2D eigenvalue weighted by Crippen LogP contribution is 2.44. The molecular weight excluding hydrogens is 206 g/mol. The van der Waals surface area contributed by atoms with Gasteiger partial charge in [-0.05, 0) is 34.4 Å². The van der Waals surface area contributed by atoms with Gasteiger partial charge in [-0.2, -0.15) is 0 Å². The van der Waals surface area contributed by atoms with E-state index in [2.05, 4.69) is 53.5 Å². The highest BCUT2D eigenvalue weighted by atomic mass is 14.7. The number of benzene rings is 1. The summed E-state index contributed by atoms with van der Waals surface area (Å²) >= 11 is 0. The van der Waals surface area contributed by atoms with E-state index in [1.54, 1.807) is 0 Å². The molecule has 17 heavy (non-hydrogen) atoms. The van der Waals surface area contributed by atoms with Gasteiger partial charge in [-0.1, -0.05) is 42.5 Å². The first kappa shape index (κ1) is 8.94. The maximum Gasteiger partial charge on any atom is 0.0671 e. The van der Waals surface area contributed by atoms with Crippen LogP contribution in [0.1, 0.15) is 28.3 Å². The van der Waals surface area contributed by atoms with Crippen LogP contribution in [0.15, 0.2) is 54.2 Å². The van der Waals surface area contributed by atoms with Crippen LogP contribution < -0.4 is 0 Å². The van der Waals surface area contributed by atoms with Crippen molar-refractivity contribution in [2.45, 2.75) is 5.92 Å². The van der Waals surface area contributed by atoms with E-state index in [0.29, 0.717) is 5.92 Å². The van der Waals surface area contributed by atoms with Crippen LogP contribution in [0.4, 0.5) is 0 Å². The fourth-order valence-corrected chi connectivity index (χ4v) is 2.83. The molecule has 1 aromatic heterocycles. The maximum atomic E-state index is 4.44. The Bertz CT molecular complexity index is 659. The van der Waals surface area contributed by atoms with Gasteiger partial charge in [0, 0.05) is 12.1 Å². The van der Waals surface area contributed by atoms with Crippen molar-refractivity contribution in [2.24, 2.45) is 0 Å². The molecule has 0 saturated heterocycles. The van der Waals surface area contributed by atoms with Gasteiger partial charge in [0.15, 0.2) is 0 Å². The van der Waals surface area contributed by atoms with E-state index in [9.17, 15) is 0 Å². The summed E-state index contributed by atoms with van der Waals surface area (Å²) in [6, 6.07) is 12.8. The Balaban J connectivity index is 2.01. The number of hydrogen-bond acceptors (Lipinski definition) is 1. The lowest BCUT2D eigenvalue weighted by atomic mass is 9.84. The van der Waals surface area contributed by atoms with Crippen molar-refractivity contribution in [3.63, 3.8) is 0 Å². The Hall–Kier alpha value is -2.15. The summed E-state index contributed by atoms with van der Waals surface area (Å²) in [6.07, 6.45) is 8.45. The Kier molecular flexibility index (Phi) is 1.67. The molecule has 80 valence electrons. The number of rotatable bonds is 0. The molecule has 4 rings (SSSR count). The standard InChI is InChI=1S/C16H11N/c1-2-5-13-11(4-1)10-12-7-8-15-14(16(12)13)6-3-9-17-15/h1-10,16H. The Labute approximate surface area is 100 Å². The zero-order valence-electron chi connectivity index (χ0n) is 9.30. The van der Waals surface area contributed by atoms with Gasteiger partial charge >= 0.3 is 0 Å². The summed E-state index contributed by atoms with van der Waals surface area (Å²) < 4.78 is 0. The first-order valence-corrected chi connectivity index (χ1v) is 5.87. The lowest BCUT2D eigenvalue weighted by Gasteiger charge is -2.20. The first-order chi connectivity index (χ1) is 8.43. The van der Waals surface area contributed by atoms with Crippen molar-refractivity contribution < 1.29 is 0 Å². The van der Waals surface area contributed by atoms with Gasteiger partial charge < -0.3 is 0 Å². The number of pyridine rings is 1. The second-order valence-corrected chi connectivity index (χ2v) is 4.52. The zero-order chi connectivity index (χ0) is 11.2. The summed E-state index contributed by atoms with van der Waals surface area (Å²) in [5.41, 5.74) is 6.55. The van der Waals surface area contributed by atoms with Crippen molar-refractivity contribution in [1.82, 2.24) is 4.98 Å². The lowest BCUT2D eigenvalue weighted by molar-refractivity contribution is 0.970. The van der Waals surface area contributed by atoms with Crippen LogP contribution in [0.25, 0.3) is 12.2 Å². The molecule has 1 heteroatoms. The van der Waals surface area contributed by atoms with Crippen LogP contribution in [0.3, 0.4) is 0 Å². The third-order valence-electron chi connectivity index (χ3n) is 3.58. The van der Waals surface area contributed by atoms with E-state index >= 15 is 0 Å². The van der Waals surface area contributed by atoms with Crippen LogP contribution in [-0.2, 0) is 0 Å². The molecule has 2 aliphatic rings. The molecular formula is C16H11N. The van der Waals surface area contributed by atoms with Crippen molar-refractivity contribution in [2.75, 3.05) is 0 Å². The van der Waals surface area contributed by atoms with Gasteiger partial charge in [0.05, 0.1) is 5.69 Å². The number of hydrogen-bond donors (Lipinski definition) is 0. The third kappa shape index (κ3) is 1.17. The minimum Gasteiger partial charge on any atom is -0.257 e. The highest BCUT2D eigenvalue weighted by molar-refractivity contribution is 5.77. The Morgan fingerprint density at radius 2 is 1.76 bits per heavy atom. The molecule has 2 aromatic rings. The highest BCUT2D eigenvalue weighted by Gasteiger charge is 2.28. The second-order valence-electron chi connectivity index (χ2n) is 4.52. The largest absolute Gasteiger partial charge is 0.257 e. The summed E-state index contributed by atoms with van der Waals surface area (Å²) in [5.74, 6) is 0.389. The zero-order valence-corrected chi connectivity index (χ0v) is 9.30. The number of nitrogens with zero attached hydrogens (tertiary/aromatic N) is 1. The molecule has 0 aliphatic heterocycles. The van der Waals surface area contributed by atoms with E-state index in [4.69, 9.17) is 0 Å². The van der Waals surface area contributed by atoms with Crippen molar-refractivity contribution in [3.05, 3.63) is 76.6 Å². The average molecular weight is 217 g/mol. The fourth-order valence-electron chi connectivity index (χ4n) is 2.83. The van der Waals surface area contributed by atoms with Crippen LogP contribution in [-0.4, -0.2) is 4.98 Å². The quantitative estimate of drug-likeness (QED) is 0.656. The molecule has 2 aliphatic carbocycles. The SMILES string of the molecule is C1=Cc2ncccc2C2C1=Cc1ccccc12. The Morgan fingerprint density at radius 1 is 0.882 bits per heavy atom. The molecule has 1 heterocycles. The van der Waals surface area contributed by atoms with Crippen LogP contribution >= 0.6 is 0 Å². The maximum absolute atomic E-state index is 4.44. The van der Waals surface area contributed by atoms with Gasteiger partial charge in [-0.25, -0.2) is 0 Å². The van der Waals surface area contributed by atoms with Crippen LogP contribution in [0.5, 0.6) is 0 Å². The average Bonchev–Trinajstić information content (AvgIpc) is 2.77. The number of allylic oxidation sites excluding steroid dienone is 2. The second kappa shape index (κ2) is 3.17. The third-order valence-corrected chi connectivity index (χ3v) is 3.58. The molecule has 0 amide bonds. The minimum absolute atomic E-state index is 0.389. The fraction of sp³-hybridized carbons (Fsp3) is 0.0625. The molecule has 1 nitrogen and oxygen atoms in total. The molecule has 0 radical (unpaired) electrons. The van der Waals surface area contributed by atoms with Crippen LogP contribution in [0, 0.1) is 0 Å². The van der Waals surface area contributed by atoms with Gasteiger partial charge in [0.25, 0.3) is 0 Å². The first-order valence-electron chi connectivity index (χ1n) is 5.87. The molecule has 0 fully saturated rings. The normalized spacial score (nSPS) is 19.3. The van der Waals surface area contributed by atoms with E-state index in [-0.39, 0.29) is 0 Å². The van der Waals surface area contributed by atoms with Gasteiger partial charge in [0.1, 0.15) is 0 Å². The van der Waals surface area contributed by atoms with E-state index in [1.807, 2.05) is 12.3 Å². The minimum atomic E-state index is 0.389. The molecule has 0 spiro atoms. The molecule has 0 saturated carbocycles. The number of aromatic nitrogens is 1. The monoisotopic (exact) mass is 217 g/mol. The number of fused-ring (bicyclic) bond motifs is 5. The van der Waals surface area contributed by atoms with Crippen molar-refractivity contribution in [3.8, 4) is 0 Å². The van der Waals surface area contributed by atoms with Crippen molar-refractivity contribution in [1.29, 1.82) is 0 Å². The predicted molar refractivity (Wildman–Crippen MR) is 69.5 cm³/mol. The summed E-state index contributed by atoms with van der Waals surface area (Å²) in [5, 5.41) is 0. The molecule has 0 N–H and O–H groups in total. The van der Waals surface area contributed by atoms with Crippen molar-refractivity contribution >= 4 is 12.2 Å². The molecule has 1 atom stereocenters. The molecule has 1 aromatic carbocycles. The van der Waals surface area contributed by atoms with E-state index in [0.717, 1.165) is 5.69 Å². The Morgan fingerprint density at radius 3 is 2.76 bits per heavy atom. The summed E-state index contributed by atoms with van der Waals surface area (Å²) in [7, 11) is 0. The lowest BCUT2D eigenvalue weighted by Crippen LogP contribution is -2.06. The van der Waals surface area contributed by atoms with Gasteiger partial charge in [-0.3, -0.25) is 4.98 Å².